The Balaban J connectivity index is 1.86. The third-order valence-corrected chi connectivity index (χ3v) is 4.42. The van der Waals surface area contributed by atoms with Crippen molar-refractivity contribution in [2.45, 2.75) is 25.8 Å². The Labute approximate surface area is 129 Å². The second kappa shape index (κ2) is 5.28. The molecule has 0 radical (unpaired) electrons. The fraction of sp³-hybridized carbons (Fsp3) is 0.375. The Morgan fingerprint density at radius 3 is 3.00 bits per heavy atom. The van der Waals surface area contributed by atoms with Crippen LogP contribution in [0.3, 0.4) is 0 Å². The fourth-order valence-electron chi connectivity index (χ4n) is 3.27. The van der Waals surface area contributed by atoms with E-state index in [1.165, 1.54) is 16.8 Å². The monoisotopic (exact) mass is 300 g/mol. The molecule has 2 aliphatic rings. The number of para-hydroxylation sites is 1. The van der Waals surface area contributed by atoms with Crippen LogP contribution in [0.4, 0.5) is 11.5 Å². The molecule has 0 unspecified atom stereocenters. The molecule has 1 aromatic heterocycles. The van der Waals surface area contributed by atoms with Gasteiger partial charge in [0.1, 0.15) is 5.82 Å². The van der Waals surface area contributed by atoms with Crippen LogP contribution < -0.4 is 10.2 Å². The lowest BCUT2D eigenvalue weighted by Crippen LogP contribution is -2.31. The first-order valence-corrected chi connectivity index (χ1v) is 7.82. The first kappa shape index (κ1) is 13.0. The molecule has 0 amide bonds. The summed E-state index contributed by atoms with van der Waals surface area (Å²) in [6, 6.07) is 8.57. The van der Waals surface area contributed by atoms with Crippen molar-refractivity contribution in [1.29, 1.82) is 0 Å². The van der Waals surface area contributed by atoms with Crippen molar-refractivity contribution in [2.75, 3.05) is 18.0 Å². The largest absolute Gasteiger partial charge is 0.326 e. The lowest BCUT2D eigenvalue weighted by Gasteiger charge is -2.33. The van der Waals surface area contributed by atoms with Gasteiger partial charge >= 0.3 is 0 Å². The van der Waals surface area contributed by atoms with Crippen LogP contribution in [-0.4, -0.2) is 23.1 Å². The molecule has 4 rings (SSSR count). The van der Waals surface area contributed by atoms with Gasteiger partial charge in [-0.05, 0) is 36.1 Å². The third kappa shape index (κ3) is 2.28. The Morgan fingerprint density at radius 2 is 2.05 bits per heavy atom. The Morgan fingerprint density at radius 1 is 1.14 bits per heavy atom. The van der Waals surface area contributed by atoms with Gasteiger partial charge in [0, 0.05) is 37.3 Å². The van der Waals surface area contributed by atoms with Crippen LogP contribution in [0, 0.1) is 0 Å². The molecule has 2 aromatic rings. The molecule has 3 heterocycles. The van der Waals surface area contributed by atoms with Crippen molar-refractivity contribution in [2.24, 2.45) is 0 Å². The third-order valence-electron chi connectivity index (χ3n) is 4.25. The quantitative estimate of drug-likeness (QED) is 0.822. The minimum atomic E-state index is 0.355. The van der Waals surface area contributed by atoms with Gasteiger partial charge in [0.2, 0.25) is 5.28 Å². The molecular formula is C16H17ClN4. The molecule has 1 N–H and O–H groups in total. The van der Waals surface area contributed by atoms with Gasteiger partial charge in [0.15, 0.2) is 0 Å². The van der Waals surface area contributed by atoms with E-state index in [4.69, 9.17) is 11.6 Å². The summed E-state index contributed by atoms with van der Waals surface area (Å²) in [6.45, 7) is 2.76. The minimum Gasteiger partial charge on any atom is -0.326 e. The van der Waals surface area contributed by atoms with Crippen LogP contribution in [0.1, 0.15) is 23.2 Å². The first-order chi connectivity index (χ1) is 10.3. The second-order valence-electron chi connectivity index (χ2n) is 5.55. The van der Waals surface area contributed by atoms with Crippen molar-refractivity contribution in [1.82, 2.24) is 15.3 Å². The van der Waals surface area contributed by atoms with Crippen molar-refractivity contribution in [3.8, 4) is 0 Å². The van der Waals surface area contributed by atoms with Crippen LogP contribution in [0.25, 0.3) is 0 Å². The molecule has 0 aliphatic carbocycles. The topological polar surface area (TPSA) is 41.1 Å². The zero-order chi connectivity index (χ0) is 14.2. The van der Waals surface area contributed by atoms with Crippen molar-refractivity contribution >= 4 is 23.1 Å². The molecule has 5 heteroatoms. The number of hydrogen-bond acceptors (Lipinski definition) is 4. The summed E-state index contributed by atoms with van der Waals surface area (Å²) in [5.74, 6) is 0.976. The van der Waals surface area contributed by atoms with E-state index < -0.39 is 0 Å². The predicted molar refractivity (Wildman–Crippen MR) is 84.2 cm³/mol. The Hall–Kier alpha value is -1.65. The normalized spacial score (nSPS) is 17.3. The van der Waals surface area contributed by atoms with Gasteiger partial charge in [0.05, 0.1) is 5.69 Å². The molecule has 21 heavy (non-hydrogen) atoms. The number of benzene rings is 1. The van der Waals surface area contributed by atoms with Gasteiger partial charge in [-0.1, -0.05) is 18.2 Å². The van der Waals surface area contributed by atoms with Gasteiger partial charge < -0.3 is 10.2 Å². The SMILES string of the molecule is Clc1nc2c(c(N3CCCc4ccccc43)n1)CNCC2. The van der Waals surface area contributed by atoms with E-state index in [0.29, 0.717) is 5.28 Å². The minimum absolute atomic E-state index is 0.355. The van der Waals surface area contributed by atoms with Crippen LogP contribution >= 0.6 is 11.6 Å². The highest BCUT2D eigenvalue weighted by atomic mass is 35.5. The number of anilines is 2. The van der Waals surface area contributed by atoms with Crippen LogP contribution in [0.5, 0.6) is 0 Å². The number of fused-ring (bicyclic) bond motifs is 2. The maximum absolute atomic E-state index is 6.16. The van der Waals surface area contributed by atoms with E-state index in [9.17, 15) is 0 Å². The molecule has 0 atom stereocenters. The Bertz CT molecular complexity index is 686. The number of hydrogen-bond donors (Lipinski definition) is 1. The van der Waals surface area contributed by atoms with E-state index in [1.807, 2.05) is 0 Å². The predicted octanol–water partition coefficient (Wildman–Crippen LogP) is 2.86. The average Bonchev–Trinajstić information content (AvgIpc) is 2.53. The molecular weight excluding hydrogens is 284 g/mol. The zero-order valence-electron chi connectivity index (χ0n) is 11.8. The number of nitrogens with one attached hydrogen (secondary N) is 1. The van der Waals surface area contributed by atoms with E-state index >= 15 is 0 Å². The molecule has 4 nitrogen and oxygen atoms in total. The lowest BCUT2D eigenvalue weighted by atomic mass is 10.0. The molecule has 2 aliphatic heterocycles. The standard InChI is InChI=1S/C16H17ClN4/c17-16-19-13-7-8-18-10-12(13)15(20-16)21-9-3-5-11-4-1-2-6-14(11)21/h1-2,4,6,18H,3,5,7-10H2. The zero-order valence-corrected chi connectivity index (χ0v) is 12.5. The maximum Gasteiger partial charge on any atom is 0.224 e. The lowest BCUT2D eigenvalue weighted by molar-refractivity contribution is 0.622. The van der Waals surface area contributed by atoms with Gasteiger partial charge in [-0.15, -0.1) is 0 Å². The molecule has 0 saturated heterocycles. The second-order valence-corrected chi connectivity index (χ2v) is 5.89. The molecule has 0 spiro atoms. The number of aromatic nitrogens is 2. The van der Waals surface area contributed by atoms with E-state index in [0.717, 1.165) is 50.4 Å². The molecule has 0 saturated carbocycles. The maximum atomic E-state index is 6.16. The van der Waals surface area contributed by atoms with Crippen LogP contribution in [0.15, 0.2) is 24.3 Å². The number of aryl methyl sites for hydroxylation is 1. The number of halogens is 1. The molecule has 108 valence electrons. The van der Waals surface area contributed by atoms with Gasteiger partial charge in [0.25, 0.3) is 0 Å². The van der Waals surface area contributed by atoms with E-state index in [1.54, 1.807) is 0 Å². The number of rotatable bonds is 1. The first-order valence-electron chi connectivity index (χ1n) is 7.44. The summed E-state index contributed by atoms with van der Waals surface area (Å²) in [5.41, 5.74) is 4.93. The van der Waals surface area contributed by atoms with Gasteiger partial charge in [-0.2, -0.15) is 4.98 Å². The Kier molecular flexibility index (Phi) is 3.28. The highest BCUT2D eigenvalue weighted by Crippen LogP contribution is 2.35. The van der Waals surface area contributed by atoms with Crippen LogP contribution in [-0.2, 0) is 19.4 Å². The summed E-state index contributed by atoms with van der Waals surface area (Å²) < 4.78 is 0. The molecule has 0 fully saturated rings. The van der Waals surface area contributed by atoms with Crippen LogP contribution in [0.2, 0.25) is 5.28 Å². The van der Waals surface area contributed by atoms with Crippen molar-refractivity contribution < 1.29 is 0 Å². The van der Waals surface area contributed by atoms with E-state index in [2.05, 4.69) is 44.5 Å². The average molecular weight is 301 g/mol. The smallest absolute Gasteiger partial charge is 0.224 e. The highest BCUT2D eigenvalue weighted by molar-refractivity contribution is 6.28. The molecule has 1 aromatic carbocycles. The summed E-state index contributed by atoms with van der Waals surface area (Å²) in [4.78, 5) is 11.3. The molecule has 0 bridgehead atoms. The number of nitrogens with zero attached hydrogens (tertiary/aromatic N) is 3. The summed E-state index contributed by atoms with van der Waals surface area (Å²) in [5, 5.41) is 3.77. The van der Waals surface area contributed by atoms with Gasteiger partial charge in [-0.3, -0.25) is 0 Å². The van der Waals surface area contributed by atoms with Gasteiger partial charge in [-0.25, -0.2) is 4.98 Å². The highest BCUT2D eigenvalue weighted by Gasteiger charge is 2.25. The summed E-state index contributed by atoms with van der Waals surface area (Å²) in [7, 11) is 0. The fourth-order valence-corrected chi connectivity index (χ4v) is 3.45. The van der Waals surface area contributed by atoms with E-state index in [-0.39, 0.29) is 0 Å². The van der Waals surface area contributed by atoms with Crippen molar-refractivity contribution in [3.63, 3.8) is 0 Å². The summed E-state index contributed by atoms with van der Waals surface area (Å²) >= 11 is 6.16. The van der Waals surface area contributed by atoms with Crippen molar-refractivity contribution in [3.05, 3.63) is 46.4 Å². The summed E-state index contributed by atoms with van der Waals surface area (Å²) in [6.07, 6.45) is 3.19.